The molecule has 0 aliphatic heterocycles. The first-order chi connectivity index (χ1) is 16.8. The Labute approximate surface area is 194 Å². The molecule has 0 atom stereocenters. The molecule has 0 fully saturated rings. The zero-order valence-corrected chi connectivity index (χ0v) is 17.9. The van der Waals surface area contributed by atoms with Crippen LogP contribution < -0.4 is 4.90 Å². The Bertz CT molecular complexity index is 1270. The highest BCUT2D eigenvalue weighted by atomic mass is 15.2. The Kier molecular flexibility index (Phi) is 4.85. The first-order valence-electron chi connectivity index (χ1n) is 10.5. The van der Waals surface area contributed by atoms with Gasteiger partial charge in [0.2, 0.25) is 0 Å². The second-order valence-corrected chi connectivity index (χ2v) is 7.49. The number of hydrogen-bond donors (Lipinski definition) is 0. The van der Waals surface area contributed by atoms with Crippen LogP contribution in [0.3, 0.4) is 0 Å². The van der Waals surface area contributed by atoms with Gasteiger partial charge in [0.25, 0.3) is 0 Å². The van der Waals surface area contributed by atoms with Gasteiger partial charge in [-0.25, -0.2) is 0 Å². The van der Waals surface area contributed by atoms with E-state index < -0.39 is 0 Å². The first kappa shape index (κ1) is 19.6. The average Bonchev–Trinajstić information content (AvgIpc) is 3.69. The van der Waals surface area contributed by atoms with E-state index in [0.717, 1.165) is 34.1 Å². The fourth-order valence-electron chi connectivity index (χ4n) is 3.77. The first-order valence-corrected chi connectivity index (χ1v) is 10.5. The van der Waals surface area contributed by atoms with Crippen molar-refractivity contribution in [2.75, 3.05) is 4.90 Å². The van der Waals surface area contributed by atoms with Crippen LogP contribution in [0.15, 0.2) is 111 Å². The molecule has 34 heavy (non-hydrogen) atoms. The number of anilines is 3. The molecule has 164 valence electrons. The van der Waals surface area contributed by atoms with Crippen molar-refractivity contribution in [3.8, 4) is 17.1 Å². The standard InChI is InChI=1S/C24H18N10/c1-7-22(8-2-19(1)31-13-25-26-14-31)34(23-9-3-20(4-10-23)32-15-27-28-16-32)24-11-5-21(6-12-24)33-17-29-30-18-33/h1-18H. The van der Waals surface area contributed by atoms with E-state index in [4.69, 9.17) is 0 Å². The van der Waals surface area contributed by atoms with Crippen LogP contribution in [0.25, 0.3) is 17.1 Å². The summed E-state index contributed by atoms with van der Waals surface area (Å²) in [4.78, 5) is 2.20. The van der Waals surface area contributed by atoms with Gasteiger partial charge in [0, 0.05) is 34.1 Å². The fraction of sp³-hybridized carbons (Fsp3) is 0. The molecule has 0 N–H and O–H groups in total. The van der Waals surface area contributed by atoms with Gasteiger partial charge in [0.1, 0.15) is 38.0 Å². The highest BCUT2D eigenvalue weighted by Gasteiger charge is 2.13. The quantitative estimate of drug-likeness (QED) is 0.383. The second-order valence-electron chi connectivity index (χ2n) is 7.49. The lowest BCUT2D eigenvalue weighted by atomic mass is 10.1. The third kappa shape index (κ3) is 3.69. The summed E-state index contributed by atoms with van der Waals surface area (Å²) in [6.07, 6.45) is 10.1. The smallest absolute Gasteiger partial charge is 0.123 e. The van der Waals surface area contributed by atoms with Crippen molar-refractivity contribution in [3.63, 3.8) is 0 Å². The van der Waals surface area contributed by atoms with Gasteiger partial charge in [0.05, 0.1) is 0 Å². The van der Waals surface area contributed by atoms with E-state index in [2.05, 4.69) is 71.9 Å². The van der Waals surface area contributed by atoms with Gasteiger partial charge in [-0.15, -0.1) is 30.6 Å². The highest BCUT2D eigenvalue weighted by Crippen LogP contribution is 2.35. The topological polar surface area (TPSA) is 95.4 Å². The minimum absolute atomic E-state index is 0.986. The maximum Gasteiger partial charge on any atom is 0.123 e. The average molecular weight is 446 g/mol. The van der Waals surface area contributed by atoms with Gasteiger partial charge in [0.15, 0.2) is 0 Å². The lowest BCUT2D eigenvalue weighted by Gasteiger charge is -2.26. The molecule has 3 aromatic heterocycles. The molecule has 0 aliphatic rings. The van der Waals surface area contributed by atoms with Crippen molar-refractivity contribution in [2.45, 2.75) is 0 Å². The highest BCUT2D eigenvalue weighted by molar-refractivity contribution is 5.77. The minimum Gasteiger partial charge on any atom is -0.310 e. The van der Waals surface area contributed by atoms with E-state index in [-0.39, 0.29) is 0 Å². The molecule has 0 saturated carbocycles. The third-order valence-corrected chi connectivity index (χ3v) is 5.47. The van der Waals surface area contributed by atoms with E-state index in [0.29, 0.717) is 0 Å². The van der Waals surface area contributed by atoms with Crippen LogP contribution in [0.1, 0.15) is 0 Å². The van der Waals surface area contributed by atoms with E-state index in [1.54, 1.807) is 38.0 Å². The number of aromatic nitrogens is 9. The lowest BCUT2D eigenvalue weighted by molar-refractivity contribution is 1.05. The van der Waals surface area contributed by atoms with Crippen LogP contribution in [-0.2, 0) is 0 Å². The maximum absolute atomic E-state index is 3.89. The molecule has 3 aromatic carbocycles. The SMILES string of the molecule is c1cc(-n2cnnc2)ccc1N(c1ccc(-n2cnnc2)cc1)c1ccc(-n2cnnc2)cc1. The fourth-order valence-corrected chi connectivity index (χ4v) is 3.77. The lowest BCUT2D eigenvalue weighted by Crippen LogP contribution is -2.10. The summed E-state index contributed by atoms with van der Waals surface area (Å²) >= 11 is 0. The molecule has 0 bridgehead atoms. The van der Waals surface area contributed by atoms with E-state index in [1.165, 1.54) is 0 Å². The third-order valence-electron chi connectivity index (χ3n) is 5.47. The Morgan fingerprint density at radius 3 is 0.824 bits per heavy atom. The monoisotopic (exact) mass is 446 g/mol. The molecule has 10 heteroatoms. The predicted molar refractivity (Wildman–Crippen MR) is 126 cm³/mol. The van der Waals surface area contributed by atoms with Crippen LogP contribution in [-0.4, -0.2) is 44.3 Å². The second kappa shape index (κ2) is 8.43. The summed E-state index contributed by atoms with van der Waals surface area (Å²) in [5, 5.41) is 23.3. The Morgan fingerprint density at radius 1 is 0.353 bits per heavy atom. The summed E-state index contributed by atoms with van der Waals surface area (Å²) in [6.45, 7) is 0. The molecule has 0 spiro atoms. The van der Waals surface area contributed by atoms with Crippen molar-refractivity contribution < 1.29 is 0 Å². The summed E-state index contributed by atoms with van der Waals surface area (Å²) in [5.41, 5.74) is 6.02. The molecule has 0 saturated heterocycles. The van der Waals surface area contributed by atoms with Crippen LogP contribution in [0.5, 0.6) is 0 Å². The van der Waals surface area contributed by atoms with Crippen molar-refractivity contribution in [2.24, 2.45) is 0 Å². The molecule has 0 aliphatic carbocycles. The minimum atomic E-state index is 0.986. The predicted octanol–water partition coefficient (Wildman–Crippen LogP) is 3.90. The van der Waals surface area contributed by atoms with E-state index in [1.807, 2.05) is 50.1 Å². The summed E-state index contributed by atoms with van der Waals surface area (Å²) < 4.78 is 5.61. The van der Waals surface area contributed by atoms with Gasteiger partial charge in [-0.3, -0.25) is 13.7 Å². The number of hydrogen-bond acceptors (Lipinski definition) is 7. The summed E-state index contributed by atoms with van der Waals surface area (Å²) in [7, 11) is 0. The maximum atomic E-state index is 3.89. The Balaban J connectivity index is 1.39. The zero-order chi connectivity index (χ0) is 22.7. The molecule has 6 rings (SSSR count). The molecule has 0 radical (unpaired) electrons. The van der Waals surface area contributed by atoms with Crippen molar-refractivity contribution in [1.29, 1.82) is 0 Å². The van der Waals surface area contributed by atoms with Crippen molar-refractivity contribution in [3.05, 3.63) is 111 Å². The van der Waals surface area contributed by atoms with Crippen LogP contribution in [0.2, 0.25) is 0 Å². The molecule has 3 heterocycles. The van der Waals surface area contributed by atoms with Gasteiger partial charge < -0.3 is 4.90 Å². The largest absolute Gasteiger partial charge is 0.310 e. The van der Waals surface area contributed by atoms with E-state index >= 15 is 0 Å². The van der Waals surface area contributed by atoms with Gasteiger partial charge in [-0.2, -0.15) is 0 Å². The van der Waals surface area contributed by atoms with E-state index in [9.17, 15) is 0 Å². The normalized spacial score (nSPS) is 10.9. The molecule has 10 nitrogen and oxygen atoms in total. The zero-order valence-electron chi connectivity index (χ0n) is 17.9. The molecule has 0 unspecified atom stereocenters. The van der Waals surface area contributed by atoms with Crippen molar-refractivity contribution >= 4 is 17.1 Å². The molecule has 6 aromatic rings. The van der Waals surface area contributed by atoms with Gasteiger partial charge in [-0.05, 0) is 72.8 Å². The molecular weight excluding hydrogens is 428 g/mol. The number of benzene rings is 3. The van der Waals surface area contributed by atoms with Crippen LogP contribution >= 0.6 is 0 Å². The van der Waals surface area contributed by atoms with Crippen molar-refractivity contribution in [1.82, 2.24) is 44.3 Å². The molecule has 0 amide bonds. The summed E-state index contributed by atoms with van der Waals surface area (Å²) in [5.74, 6) is 0. The van der Waals surface area contributed by atoms with Crippen LogP contribution in [0, 0.1) is 0 Å². The van der Waals surface area contributed by atoms with Gasteiger partial charge >= 0.3 is 0 Å². The molecular formula is C24H18N10. The summed E-state index contributed by atoms with van der Waals surface area (Å²) in [6, 6.07) is 24.7. The Morgan fingerprint density at radius 2 is 0.588 bits per heavy atom. The number of nitrogens with zero attached hydrogens (tertiary/aromatic N) is 10. The van der Waals surface area contributed by atoms with Crippen LogP contribution in [0.4, 0.5) is 17.1 Å². The van der Waals surface area contributed by atoms with Gasteiger partial charge in [-0.1, -0.05) is 0 Å². The number of rotatable bonds is 6. The Hall–Kier alpha value is -5.12.